The van der Waals surface area contributed by atoms with Gasteiger partial charge in [-0.3, -0.25) is 4.90 Å². The van der Waals surface area contributed by atoms with E-state index in [0.29, 0.717) is 18.0 Å². The molecule has 0 aliphatic carbocycles. The minimum absolute atomic E-state index is 0.403. The third-order valence-corrected chi connectivity index (χ3v) is 4.11. The predicted molar refractivity (Wildman–Crippen MR) is 90.6 cm³/mol. The zero-order chi connectivity index (χ0) is 15.7. The van der Waals surface area contributed by atoms with Crippen LogP contribution in [0.25, 0.3) is 0 Å². The molecule has 3 heteroatoms. The molecule has 0 amide bonds. The summed E-state index contributed by atoms with van der Waals surface area (Å²) in [6, 6.07) is 11.6. The van der Waals surface area contributed by atoms with Crippen molar-refractivity contribution in [3.63, 3.8) is 0 Å². The van der Waals surface area contributed by atoms with E-state index in [9.17, 15) is 0 Å². The van der Waals surface area contributed by atoms with Crippen molar-refractivity contribution in [3.8, 4) is 0 Å². The summed E-state index contributed by atoms with van der Waals surface area (Å²) in [5, 5.41) is 3.64. The smallest absolute Gasteiger partial charge is 0.0615 e. The zero-order valence-electron chi connectivity index (χ0n) is 14.3. The van der Waals surface area contributed by atoms with Crippen LogP contribution in [0.4, 0.5) is 0 Å². The van der Waals surface area contributed by atoms with Gasteiger partial charge < -0.3 is 10.1 Å². The van der Waals surface area contributed by atoms with Gasteiger partial charge in [-0.05, 0) is 31.5 Å². The van der Waals surface area contributed by atoms with Gasteiger partial charge in [-0.15, -0.1) is 0 Å². The number of benzene rings is 1. The van der Waals surface area contributed by atoms with Crippen molar-refractivity contribution in [2.24, 2.45) is 5.92 Å². The molecule has 0 aromatic heterocycles. The number of likely N-dealkylation sites (N-methyl/N-ethyl adjacent to an activating group) is 1. The zero-order valence-corrected chi connectivity index (χ0v) is 14.3. The summed E-state index contributed by atoms with van der Waals surface area (Å²) in [6.07, 6.45) is 0. The molecule has 1 N–H and O–H groups in total. The third kappa shape index (κ3) is 5.77. The molecule has 0 radical (unpaired) electrons. The highest BCUT2D eigenvalue weighted by Crippen LogP contribution is 2.23. The maximum absolute atomic E-state index is 5.30. The molecule has 0 heterocycles. The van der Waals surface area contributed by atoms with Gasteiger partial charge >= 0.3 is 0 Å². The Morgan fingerprint density at radius 1 is 1.14 bits per heavy atom. The average molecular weight is 292 g/mol. The Kier molecular flexibility index (Phi) is 8.58. The van der Waals surface area contributed by atoms with Crippen LogP contribution in [-0.2, 0) is 4.74 Å². The average Bonchev–Trinajstić information content (AvgIpc) is 2.51. The van der Waals surface area contributed by atoms with Gasteiger partial charge in [0.15, 0.2) is 0 Å². The van der Waals surface area contributed by atoms with E-state index in [4.69, 9.17) is 4.74 Å². The van der Waals surface area contributed by atoms with Crippen LogP contribution in [0.2, 0.25) is 0 Å². The second-order valence-corrected chi connectivity index (χ2v) is 5.82. The van der Waals surface area contributed by atoms with Crippen LogP contribution in [0.5, 0.6) is 0 Å². The molecule has 0 saturated heterocycles. The van der Waals surface area contributed by atoms with E-state index in [2.05, 4.69) is 68.2 Å². The Balaban J connectivity index is 2.74. The summed E-state index contributed by atoms with van der Waals surface area (Å²) < 4.78 is 5.30. The molecule has 1 rings (SSSR count). The summed E-state index contributed by atoms with van der Waals surface area (Å²) in [6.45, 7) is 12.9. The fourth-order valence-electron chi connectivity index (χ4n) is 2.97. The first-order chi connectivity index (χ1) is 10.1. The summed E-state index contributed by atoms with van der Waals surface area (Å²) >= 11 is 0. The fraction of sp³-hybridized carbons (Fsp3) is 0.667. The predicted octanol–water partition coefficient (Wildman–Crippen LogP) is 3.33. The summed E-state index contributed by atoms with van der Waals surface area (Å²) in [5.74, 6) is 0.548. The van der Waals surface area contributed by atoms with Gasteiger partial charge in [-0.2, -0.15) is 0 Å². The second kappa shape index (κ2) is 9.93. The van der Waals surface area contributed by atoms with Crippen LogP contribution in [0, 0.1) is 5.92 Å². The molecular formula is C18H32N2O. The lowest BCUT2D eigenvalue weighted by Gasteiger charge is -2.33. The standard InChI is InChI=1S/C18H32N2O/c1-6-19-18(17-11-9-8-10-12-17)15(3)13-20(7-2)16(4)14-21-5/h8-12,15-16,18-19H,6-7,13-14H2,1-5H3. The molecule has 1 aromatic rings. The SMILES string of the molecule is CCNC(c1ccccc1)C(C)CN(CC)C(C)COC. The lowest BCUT2D eigenvalue weighted by molar-refractivity contribution is 0.0883. The Bertz CT molecular complexity index is 369. The van der Waals surface area contributed by atoms with Crippen LogP contribution < -0.4 is 5.32 Å². The Morgan fingerprint density at radius 3 is 2.33 bits per heavy atom. The number of ether oxygens (including phenoxy) is 1. The molecule has 120 valence electrons. The molecule has 1 aromatic carbocycles. The second-order valence-electron chi connectivity index (χ2n) is 5.82. The largest absolute Gasteiger partial charge is 0.383 e. The maximum Gasteiger partial charge on any atom is 0.0615 e. The topological polar surface area (TPSA) is 24.5 Å². The molecule has 3 nitrogen and oxygen atoms in total. The molecule has 0 fully saturated rings. The van der Waals surface area contributed by atoms with Gasteiger partial charge in [0.2, 0.25) is 0 Å². The quantitative estimate of drug-likeness (QED) is 0.716. The maximum atomic E-state index is 5.30. The lowest BCUT2D eigenvalue weighted by atomic mass is 9.93. The molecule has 0 bridgehead atoms. The van der Waals surface area contributed by atoms with Crippen molar-refractivity contribution in [1.29, 1.82) is 0 Å². The number of methoxy groups -OCH3 is 1. The van der Waals surface area contributed by atoms with E-state index in [1.807, 2.05) is 0 Å². The van der Waals surface area contributed by atoms with Crippen LogP contribution in [0.3, 0.4) is 0 Å². The van der Waals surface area contributed by atoms with Gasteiger partial charge in [0, 0.05) is 25.7 Å². The minimum Gasteiger partial charge on any atom is -0.383 e. The number of hydrogen-bond acceptors (Lipinski definition) is 3. The summed E-state index contributed by atoms with van der Waals surface area (Å²) in [5.41, 5.74) is 1.38. The van der Waals surface area contributed by atoms with Crippen molar-refractivity contribution in [2.75, 3.05) is 33.4 Å². The van der Waals surface area contributed by atoms with E-state index in [0.717, 1.165) is 26.2 Å². The van der Waals surface area contributed by atoms with E-state index < -0.39 is 0 Å². The highest BCUT2D eigenvalue weighted by Gasteiger charge is 2.22. The van der Waals surface area contributed by atoms with E-state index in [1.165, 1.54) is 5.56 Å². The minimum atomic E-state index is 0.403. The molecular weight excluding hydrogens is 260 g/mol. The first kappa shape index (κ1) is 18.1. The number of nitrogens with zero attached hydrogens (tertiary/aromatic N) is 1. The van der Waals surface area contributed by atoms with Gasteiger partial charge in [-0.1, -0.05) is 51.1 Å². The van der Waals surface area contributed by atoms with Crippen LogP contribution in [0.1, 0.15) is 39.3 Å². The Hall–Kier alpha value is -0.900. The van der Waals surface area contributed by atoms with Gasteiger partial charge in [0.25, 0.3) is 0 Å². The van der Waals surface area contributed by atoms with E-state index >= 15 is 0 Å². The van der Waals surface area contributed by atoms with Crippen molar-refractivity contribution in [3.05, 3.63) is 35.9 Å². The van der Waals surface area contributed by atoms with Gasteiger partial charge in [0.05, 0.1) is 6.61 Å². The van der Waals surface area contributed by atoms with Crippen molar-refractivity contribution >= 4 is 0 Å². The molecule has 0 saturated carbocycles. The highest BCUT2D eigenvalue weighted by atomic mass is 16.5. The summed E-state index contributed by atoms with van der Waals surface area (Å²) in [7, 11) is 1.78. The van der Waals surface area contributed by atoms with Crippen molar-refractivity contribution in [2.45, 2.75) is 39.8 Å². The lowest BCUT2D eigenvalue weighted by Crippen LogP contribution is -2.42. The molecule has 3 unspecified atom stereocenters. The normalized spacial score (nSPS) is 15.9. The first-order valence-electron chi connectivity index (χ1n) is 8.15. The number of hydrogen-bond donors (Lipinski definition) is 1. The van der Waals surface area contributed by atoms with E-state index in [-0.39, 0.29) is 0 Å². The monoisotopic (exact) mass is 292 g/mol. The summed E-state index contributed by atoms with van der Waals surface area (Å²) in [4.78, 5) is 2.50. The molecule has 0 aliphatic heterocycles. The van der Waals surface area contributed by atoms with E-state index in [1.54, 1.807) is 7.11 Å². The van der Waals surface area contributed by atoms with Crippen molar-refractivity contribution in [1.82, 2.24) is 10.2 Å². The van der Waals surface area contributed by atoms with Crippen LogP contribution in [0.15, 0.2) is 30.3 Å². The number of rotatable bonds is 10. The van der Waals surface area contributed by atoms with Gasteiger partial charge in [-0.25, -0.2) is 0 Å². The number of nitrogens with one attached hydrogen (secondary N) is 1. The third-order valence-electron chi connectivity index (χ3n) is 4.11. The van der Waals surface area contributed by atoms with Crippen molar-refractivity contribution < 1.29 is 4.74 Å². The molecule has 0 spiro atoms. The fourth-order valence-corrected chi connectivity index (χ4v) is 2.97. The Morgan fingerprint density at radius 2 is 1.81 bits per heavy atom. The van der Waals surface area contributed by atoms with Gasteiger partial charge in [0.1, 0.15) is 0 Å². The molecule has 21 heavy (non-hydrogen) atoms. The first-order valence-corrected chi connectivity index (χ1v) is 8.15. The highest BCUT2D eigenvalue weighted by molar-refractivity contribution is 5.19. The Labute approximate surface area is 130 Å². The molecule has 3 atom stereocenters. The molecule has 0 aliphatic rings. The van der Waals surface area contributed by atoms with Crippen LogP contribution >= 0.6 is 0 Å². The van der Waals surface area contributed by atoms with Crippen LogP contribution in [-0.4, -0.2) is 44.3 Å².